The standard InChI is InChI=1S/2C14H19Si.2CH3.2ClH.H2Si.Zr/c2*1-10-6-7-11(2)14-9-12(8-13(10)14)15(3,4)5;;;;;;/h2*6-9H,1-5H3;2*1H3;2*1H;1H2;. The van der Waals surface area contributed by atoms with Crippen molar-refractivity contribution in [3.63, 3.8) is 0 Å². The van der Waals surface area contributed by atoms with Crippen molar-refractivity contribution in [1.82, 2.24) is 0 Å². The van der Waals surface area contributed by atoms with Crippen LogP contribution in [0.5, 0.6) is 0 Å². The molecule has 2 aromatic rings. The number of aryl methyl sites for hydroxylation is 4. The number of allylic oxidation sites excluding steroid dienone is 2. The molecule has 0 amide bonds. The maximum atomic E-state index is 2.84. The summed E-state index contributed by atoms with van der Waals surface area (Å²) in [7, 11) is -3.03. The van der Waals surface area contributed by atoms with Gasteiger partial charge in [0, 0.05) is 0 Å². The van der Waals surface area contributed by atoms with Gasteiger partial charge in [-0.25, -0.2) is 0 Å². The van der Waals surface area contributed by atoms with Gasteiger partial charge >= 0.3 is 215 Å². The van der Waals surface area contributed by atoms with E-state index in [-0.39, 0.29) is 24.8 Å². The van der Waals surface area contributed by atoms with Crippen molar-refractivity contribution in [2.45, 2.75) is 83.5 Å². The number of hydrogen-bond acceptors (Lipinski definition) is 0. The Labute approximate surface area is 238 Å². The van der Waals surface area contributed by atoms with Crippen LogP contribution in [0.1, 0.15) is 51.8 Å². The monoisotopic (exact) mass is 652 g/mol. The Morgan fingerprint density at radius 1 is 0.583 bits per heavy atom. The van der Waals surface area contributed by atoms with Crippen molar-refractivity contribution in [2.24, 2.45) is 0 Å². The van der Waals surface area contributed by atoms with E-state index in [1.54, 1.807) is 22.3 Å². The second-order valence-electron chi connectivity index (χ2n) is 14.6. The molecule has 2 aliphatic rings. The Balaban J connectivity index is 0.00000228. The fraction of sp³-hybridized carbons (Fsp3) is 0.467. The first-order valence-electron chi connectivity index (χ1n) is 13.1. The molecule has 2 aromatic carbocycles. The first-order valence-corrected chi connectivity index (χ1v) is 33.7. The van der Waals surface area contributed by atoms with E-state index in [0.29, 0.717) is 7.25 Å². The van der Waals surface area contributed by atoms with Crippen molar-refractivity contribution in [3.8, 4) is 0 Å². The zero-order valence-corrected chi connectivity index (χ0v) is 32.1. The van der Waals surface area contributed by atoms with Crippen molar-refractivity contribution < 1.29 is 17.4 Å². The second-order valence-corrected chi connectivity index (χ2v) is 55.2. The van der Waals surface area contributed by atoms with Crippen LogP contribution in [0, 0.1) is 27.7 Å². The third-order valence-corrected chi connectivity index (χ3v) is 31.7. The molecule has 0 spiro atoms. The SMILES string of the molecule is Cc1ccc(C)c2c1C=C([Si](C)(C)C)[CH]2[Zr]([CH3])([CH3])(=[SiH2])[CH]1C([Si](C)(C)C)=Cc2c(C)ccc(C)c21.Cl.Cl. The van der Waals surface area contributed by atoms with E-state index in [0.717, 1.165) is 0 Å². The van der Waals surface area contributed by atoms with Crippen LogP contribution < -0.4 is 0 Å². The average molecular weight is 655 g/mol. The topological polar surface area (TPSA) is 0 Å². The van der Waals surface area contributed by atoms with Crippen molar-refractivity contribution >= 4 is 60.0 Å². The van der Waals surface area contributed by atoms with Gasteiger partial charge in [-0.15, -0.1) is 24.8 Å². The fourth-order valence-corrected chi connectivity index (χ4v) is 42.5. The van der Waals surface area contributed by atoms with Gasteiger partial charge in [0.1, 0.15) is 0 Å². The zero-order valence-electron chi connectivity index (χ0n) is 24.6. The van der Waals surface area contributed by atoms with Gasteiger partial charge < -0.3 is 0 Å². The Morgan fingerprint density at radius 2 is 0.861 bits per heavy atom. The van der Waals surface area contributed by atoms with Crippen LogP contribution in [0.3, 0.4) is 0 Å². The summed E-state index contributed by atoms with van der Waals surface area (Å²) in [6, 6.07) is 9.52. The molecule has 2 atom stereocenters. The molecule has 2 aliphatic carbocycles. The van der Waals surface area contributed by atoms with E-state index in [1.807, 2.05) is 10.4 Å². The normalized spacial score (nSPS) is 19.6. The predicted octanol–water partition coefficient (Wildman–Crippen LogP) is 9.43. The molecule has 0 saturated carbocycles. The van der Waals surface area contributed by atoms with E-state index in [4.69, 9.17) is 0 Å². The smallest absolute Gasteiger partial charge is 0.147 e. The van der Waals surface area contributed by atoms with Gasteiger partial charge in [-0.05, 0) is 0 Å². The van der Waals surface area contributed by atoms with Gasteiger partial charge in [0.2, 0.25) is 0 Å². The van der Waals surface area contributed by atoms with Gasteiger partial charge in [-0.1, -0.05) is 0 Å². The van der Waals surface area contributed by atoms with Gasteiger partial charge in [0.15, 0.2) is 0 Å². The molecule has 198 valence electrons. The first-order chi connectivity index (χ1) is 15.3. The van der Waals surface area contributed by atoms with Crippen LogP contribution in [0.2, 0.25) is 48.5 Å². The summed E-state index contributed by atoms with van der Waals surface area (Å²) in [5.41, 5.74) is 12.5. The van der Waals surface area contributed by atoms with Crippen LogP contribution in [0.25, 0.3) is 12.2 Å². The molecule has 0 radical (unpaired) electrons. The number of halogens is 2. The molecular weight excluding hydrogens is 607 g/mol. The molecule has 0 bridgehead atoms. The van der Waals surface area contributed by atoms with Gasteiger partial charge in [-0.3, -0.25) is 0 Å². The summed E-state index contributed by atoms with van der Waals surface area (Å²) in [6.07, 6.45) is 5.36. The molecule has 0 fully saturated rings. The molecule has 6 heteroatoms. The minimum atomic E-state index is -3.55. The number of fused-ring (bicyclic) bond motifs is 2. The van der Waals surface area contributed by atoms with Crippen molar-refractivity contribution in [2.75, 3.05) is 0 Å². The molecule has 0 saturated heterocycles. The molecule has 2 unspecified atom stereocenters. The van der Waals surface area contributed by atoms with Crippen LogP contribution in [-0.2, 0) is 17.4 Å². The minimum absolute atomic E-state index is 0. The molecule has 0 heterocycles. The molecule has 0 aliphatic heterocycles. The number of benzene rings is 2. The number of rotatable bonds is 4. The summed E-state index contributed by atoms with van der Waals surface area (Å²) in [5, 5.41) is 3.67. The minimum Gasteiger partial charge on any atom is -0.147 e. The Bertz CT molecular complexity index is 1250. The molecule has 0 N–H and O–H groups in total. The summed E-state index contributed by atoms with van der Waals surface area (Å²) in [4.78, 5) is 0. The van der Waals surface area contributed by atoms with E-state index in [2.05, 4.69) is 120 Å². The van der Waals surface area contributed by atoms with E-state index in [1.165, 1.54) is 22.3 Å². The number of hydrogen-bond donors (Lipinski definition) is 0. The Hall–Kier alpha value is 0.0338. The van der Waals surface area contributed by atoms with E-state index in [9.17, 15) is 0 Å². The molecule has 36 heavy (non-hydrogen) atoms. The second kappa shape index (κ2) is 9.90. The third kappa shape index (κ3) is 5.02. The van der Waals surface area contributed by atoms with Gasteiger partial charge in [0.05, 0.1) is 0 Å². The van der Waals surface area contributed by atoms with Crippen LogP contribution in [0.4, 0.5) is 0 Å². The summed E-state index contributed by atoms with van der Waals surface area (Å²) in [5.74, 6) is 0. The van der Waals surface area contributed by atoms with Crippen molar-refractivity contribution in [3.05, 3.63) is 79.2 Å². The average Bonchev–Trinajstić information content (AvgIpc) is 3.29. The molecule has 0 aromatic heterocycles. The van der Waals surface area contributed by atoms with Crippen molar-refractivity contribution in [1.29, 1.82) is 0 Å². The first kappa shape index (κ1) is 32.2. The van der Waals surface area contributed by atoms with Crippen LogP contribution >= 0.6 is 24.8 Å². The summed E-state index contributed by atoms with van der Waals surface area (Å²) < 4.78 is 6.98. The molecule has 4 rings (SSSR count). The molecule has 0 nitrogen and oxygen atoms in total. The van der Waals surface area contributed by atoms with E-state index < -0.39 is 33.5 Å². The largest absolute Gasteiger partial charge is 0.147 e. The Kier molecular flexibility index (Phi) is 8.86. The maximum absolute atomic E-state index is 3.55. The Morgan fingerprint density at radius 3 is 1.14 bits per heavy atom. The fourth-order valence-electron chi connectivity index (χ4n) is 7.08. The van der Waals surface area contributed by atoms with Gasteiger partial charge in [-0.2, -0.15) is 0 Å². The zero-order chi connectivity index (χ0) is 25.6. The van der Waals surface area contributed by atoms with Crippen LogP contribution in [0.15, 0.2) is 34.7 Å². The van der Waals surface area contributed by atoms with Gasteiger partial charge in [0.25, 0.3) is 0 Å². The van der Waals surface area contributed by atoms with E-state index >= 15 is 0 Å². The van der Waals surface area contributed by atoms with Crippen LogP contribution in [-0.4, -0.2) is 23.0 Å². The third-order valence-electron chi connectivity index (χ3n) is 8.87. The summed E-state index contributed by atoms with van der Waals surface area (Å²) >= 11 is -3.55. The maximum Gasteiger partial charge on any atom is -0.147 e. The molecular formula is C30H48Cl2Si3Zr. The predicted molar refractivity (Wildman–Crippen MR) is 175 cm³/mol. The summed E-state index contributed by atoms with van der Waals surface area (Å²) in [6.45, 7) is 27.5. The quantitative estimate of drug-likeness (QED) is 0.288.